The lowest BCUT2D eigenvalue weighted by molar-refractivity contribution is 0.0527. The van der Waals surface area contributed by atoms with Crippen molar-refractivity contribution in [1.82, 2.24) is 4.98 Å². The molecule has 0 aliphatic carbocycles. The molecule has 2 rings (SSSR count). The second kappa shape index (κ2) is 5.91. The molecule has 2 heterocycles. The number of hydrogen-bond donors (Lipinski definition) is 1. The molecule has 1 N–H and O–H groups in total. The number of nitrogens with one attached hydrogen (secondary N) is 1. The fraction of sp³-hybridized carbons (Fsp3) is 0.500. The summed E-state index contributed by atoms with van der Waals surface area (Å²) in [5.41, 5.74) is 0.520. The van der Waals surface area contributed by atoms with Crippen molar-refractivity contribution in [1.29, 1.82) is 0 Å². The standard InChI is InChI=1S/C12H16N2O2S/c1-2-16-12(15)10-4-3-6-13-11(10)14-9-5-7-17-8-9/h3-4,6,9H,2,5,7-8H2,1H3,(H,13,14). The van der Waals surface area contributed by atoms with E-state index in [0.717, 1.165) is 12.2 Å². The third-order valence-electron chi connectivity index (χ3n) is 2.57. The summed E-state index contributed by atoms with van der Waals surface area (Å²) in [6.07, 6.45) is 2.80. The lowest BCUT2D eigenvalue weighted by Gasteiger charge is -2.14. The van der Waals surface area contributed by atoms with Gasteiger partial charge in [-0.2, -0.15) is 11.8 Å². The van der Waals surface area contributed by atoms with E-state index in [-0.39, 0.29) is 5.97 Å². The molecule has 0 radical (unpaired) electrons. The SMILES string of the molecule is CCOC(=O)c1cccnc1NC1CCSC1. The van der Waals surface area contributed by atoms with E-state index in [2.05, 4.69) is 10.3 Å². The van der Waals surface area contributed by atoms with Crippen molar-refractivity contribution in [2.75, 3.05) is 23.4 Å². The summed E-state index contributed by atoms with van der Waals surface area (Å²) >= 11 is 1.92. The molecule has 1 aromatic rings. The van der Waals surface area contributed by atoms with Crippen LogP contribution in [0, 0.1) is 0 Å². The minimum Gasteiger partial charge on any atom is -0.462 e. The maximum atomic E-state index is 11.7. The second-order valence-corrected chi connectivity index (χ2v) is 4.97. The zero-order chi connectivity index (χ0) is 12.1. The molecule has 1 unspecified atom stereocenters. The molecule has 1 aliphatic heterocycles. The number of anilines is 1. The molecule has 0 bridgehead atoms. The summed E-state index contributed by atoms with van der Waals surface area (Å²) in [5, 5.41) is 3.32. The number of ether oxygens (including phenoxy) is 1. The van der Waals surface area contributed by atoms with Gasteiger partial charge in [0.15, 0.2) is 0 Å². The maximum absolute atomic E-state index is 11.7. The summed E-state index contributed by atoms with van der Waals surface area (Å²) in [4.78, 5) is 16.0. The molecule has 5 heteroatoms. The molecule has 0 spiro atoms. The average molecular weight is 252 g/mol. The van der Waals surface area contributed by atoms with Gasteiger partial charge in [-0.05, 0) is 31.2 Å². The molecule has 0 amide bonds. The van der Waals surface area contributed by atoms with E-state index in [1.807, 2.05) is 11.8 Å². The van der Waals surface area contributed by atoms with Gasteiger partial charge in [-0.3, -0.25) is 0 Å². The van der Waals surface area contributed by atoms with Gasteiger partial charge >= 0.3 is 5.97 Å². The smallest absolute Gasteiger partial charge is 0.341 e. The van der Waals surface area contributed by atoms with Gasteiger partial charge in [0.2, 0.25) is 0 Å². The number of carbonyl (C=O) groups is 1. The van der Waals surface area contributed by atoms with Crippen molar-refractivity contribution in [3.63, 3.8) is 0 Å². The Balaban J connectivity index is 2.12. The van der Waals surface area contributed by atoms with Crippen LogP contribution in [-0.2, 0) is 4.74 Å². The summed E-state index contributed by atoms with van der Waals surface area (Å²) in [5.74, 6) is 2.56. The molecule has 4 nitrogen and oxygen atoms in total. The molecule has 1 aliphatic rings. The third kappa shape index (κ3) is 3.12. The highest BCUT2D eigenvalue weighted by atomic mass is 32.2. The Kier molecular flexibility index (Phi) is 4.25. The summed E-state index contributed by atoms with van der Waals surface area (Å²) in [6, 6.07) is 3.90. The quantitative estimate of drug-likeness (QED) is 0.832. The lowest BCUT2D eigenvalue weighted by Crippen LogP contribution is -2.21. The number of pyridine rings is 1. The normalized spacial score (nSPS) is 19.0. The third-order valence-corrected chi connectivity index (χ3v) is 3.74. The van der Waals surface area contributed by atoms with Crippen LogP contribution in [0.5, 0.6) is 0 Å². The minimum atomic E-state index is -0.311. The van der Waals surface area contributed by atoms with Crippen LogP contribution in [0.25, 0.3) is 0 Å². The van der Waals surface area contributed by atoms with Crippen molar-refractivity contribution < 1.29 is 9.53 Å². The van der Waals surface area contributed by atoms with Crippen molar-refractivity contribution in [3.8, 4) is 0 Å². The van der Waals surface area contributed by atoms with Crippen LogP contribution < -0.4 is 5.32 Å². The first-order chi connectivity index (χ1) is 8.31. The number of carbonyl (C=O) groups excluding carboxylic acids is 1. The second-order valence-electron chi connectivity index (χ2n) is 3.82. The lowest BCUT2D eigenvalue weighted by atomic mass is 10.2. The number of hydrogen-bond acceptors (Lipinski definition) is 5. The molecule has 1 atom stereocenters. The highest BCUT2D eigenvalue weighted by Crippen LogP contribution is 2.22. The number of rotatable bonds is 4. The number of thioether (sulfide) groups is 1. The molecule has 92 valence electrons. The summed E-state index contributed by atoms with van der Waals surface area (Å²) in [6.45, 7) is 2.18. The molecule has 1 aromatic heterocycles. The van der Waals surface area contributed by atoms with Crippen LogP contribution in [-0.4, -0.2) is 35.1 Å². The molecule has 1 saturated heterocycles. The van der Waals surface area contributed by atoms with Gasteiger partial charge < -0.3 is 10.1 Å². The zero-order valence-corrected chi connectivity index (χ0v) is 10.6. The highest BCUT2D eigenvalue weighted by Gasteiger charge is 2.19. The van der Waals surface area contributed by atoms with Gasteiger partial charge in [-0.1, -0.05) is 0 Å². The Morgan fingerprint density at radius 1 is 1.71 bits per heavy atom. The predicted molar refractivity (Wildman–Crippen MR) is 69.5 cm³/mol. The van der Waals surface area contributed by atoms with Crippen LogP contribution >= 0.6 is 11.8 Å². The van der Waals surface area contributed by atoms with Crippen molar-refractivity contribution in [2.24, 2.45) is 0 Å². The van der Waals surface area contributed by atoms with E-state index < -0.39 is 0 Å². The number of aromatic nitrogens is 1. The van der Waals surface area contributed by atoms with E-state index in [9.17, 15) is 4.79 Å². The minimum absolute atomic E-state index is 0.311. The Labute approximate surface area is 105 Å². The van der Waals surface area contributed by atoms with Crippen LogP contribution in [0.3, 0.4) is 0 Å². The van der Waals surface area contributed by atoms with Crippen molar-refractivity contribution >= 4 is 23.5 Å². The van der Waals surface area contributed by atoms with Gasteiger partial charge in [-0.15, -0.1) is 0 Å². The monoisotopic (exact) mass is 252 g/mol. The van der Waals surface area contributed by atoms with Crippen molar-refractivity contribution in [3.05, 3.63) is 23.9 Å². The van der Waals surface area contributed by atoms with Crippen LogP contribution in [0.15, 0.2) is 18.3 Å². The van der Waals surface area contributed by atoms with Gasteiger partial charge in [0.25, 0.3) is 0 Å². The molecule has 0 aromatic carbocycles. The van der Waals surface area contributed by atoms with Crippen LogP contribution in [0.4, 0.5) is 5.82 Å². The van der Waals surface area contributed by atoms with E-state index in [4.69, 9.17) is 4.74 Å². The Bertz CT molecular complexity index is 392. The maximum Gasteiger partial charge on any atom is 0.341 e. The van der Waals surface area contributed by atoms with Crippen molar-refractivity contribution in [2.45, 2.75) is 19.4 Å². The van der Waals surface area contributed by atoms with Gasteiger partial charge in [0.05, 0.1) is 6.61 Å². The number of nitrogens with zero attached hydrogens (tertiary/aromatic N) is 1. The summed E-state index contributed by atoms with van der Waals surface area (Å²) in [7, 11) is 0. The van der Waals surface area contributed by atoms with Gasteiger partial charge in [0, 0.05) is 18.0 Å². The molecule has 0 saturated carbocycles. The summed E-state index contributed by atoms with van der Waals surface area (Å²) < 4.78 is 5.01. The highest BCUT2D eigenvalue weighted by molar-refractivity contribution is 7.99. The first-order valence-electron chi connectivity index (χ1n) is 5.77. The average Bonchev–Trinajstić information content (AvgIpc) is 2.83. The zero-order valence-electron chi connectivity index (χ0n) is 9.81. The van der Waals surface area contributed by atoms with Crippen LogP contribution in [0.2, 0.25) is 0 Å². The van der Waals surface area contributed by atoms with Gasteiger partial charge in [-0.25, -0.2) is 9.78 Å². The fourth-order valence-corrected chi connectivity index (χ4v) is 2.89. The molecule has 17 heavy (non-hydrogen) atoms. The largest absolute Gasteiger partial charge is 0.462 e. The van der Waals surface area contributed by atoms with Gasteiger partial charge in [0.1, 0.15) is 11.4 Å². The number of esters is 1. The molecular weight excluding hydrogens is 236 g/mol. The first kappa shape index (κ1) is 12.2. The van der Waals surface area contributed by atoms with E-state index in [1.165, 1.54) is 5.75 Å². The first-order valence-corrected chi connectivity index (χ1v) is 6.93. The Hall–Kier alpha value is -1.23. The topological polar surface area (TPSA) is 51.2 Å². The fourth-order valence-electron chi connectivity index (χ4n) is 1.74. The molecular formula is C12H16N2O2S. The molecule has 1 fully saturated rings. The van der Waals surface area contributed by atoms with E-state index in [1.54, 1.807) is 25.3 Å². The van der Waals surface area contributed by atoms with Crippen LogP contribution in [0.1, 0.15) is 23.7 Å². The van der Waals surface area contributed by atoms with E-state index in [0.29, 0.717) is 24.0 Å². The predicted octanol–water partition coefficient (Wildman–Crippen LogP) is 2.18. The van der Waals surface area contributed by atoms with E-state index >= 15 is 0 Å². The Morgan fingerprint density at radius 2 is 2.59 bits per heavy atom. The Morgan fingerprint density at radius 3 is 3.29 bits per heavy atom.